The fourth-order valence-electron chi connectivity index (χ4n) is 2.39. The predicted octanol–water partition coefficient (Wildman–Crippen LogP) is 6.34. The second-order valence-corrected chi connectivity index (χ2v) is 12.8. The summed E-state index contributed by atoms with van der Waals surface area (Å²) in [4.78, 5) is 0.141. The lowest BCUT2D eigenvalue weighted by Gasteiger charge is -2.12. The molecule has 0 amide bonds. The lowest BCUT2D eigenvalue weighted by molar-refractivity contribution is 0.599. The zero-order valence-electron chi connectivity index (χ0n) is 14.7. The van der Waals surface area contributed by atoms with Gasteiger partial charge in [0.15, 0.2) is 0 Å². The van der Waals surface area contributed by atoms with Crippen LogP contribution in [0.1, 0.15) is 0 Å². The van der Waals surface area contributed by atoms with E-state index in [4.69, 9.17) is 0 Å². The molecule has 12 heteroatoms. The average molecular weight is 704 g/mol. The highest BCUT2D eigenvalue weighted by molar-refractivity contribution is 9.11. The van der Waals surface area contributed by atoms with E-state index >= 15 is 0 Å². The Labute approximate surface area is 208 Å². The zero-order valence-corrected chi connectivity index (χ0v) is 22.7. The molecule has 3 aromatic carbocycles. The summed E-state index contributed by atoms with van der Waals surface area (Å²) in [5.74, 6) is 0. The maximum atomic E-state index is 12.7. The van der Waals surface area contributed by atoms with Crippen LogP contribution in [0.3, 0.4) is 0 Å². The van der Waals surface area contributed by atoms with Gasteiger partial charge in [-0.25, -0.2) is 16.8 Å². The highest BCUT2D eigenvalue weighted by atomic mass is 79.9. The third-order valence-corrected chi connectivity index (χ3v) is 9.49. The molecule has 0 aromatic heterocycles. The summed E-state index contributed by atoms with van der Waals surface area (Å²) in [6.45, 7) is 0. The Bertz CT molecular complexity index is 1210. The minimum Gasteiger partial charge on any atom is -0.280 e. The molecule has 0 aliphatic rings. The number of rotatable bonds is 6. The molecule has 0 spiro atoms. The summed E-state index contributed by atoms with van der Waals surface area (Å²) in [6.07, 6.45) is 0. The van der Waals surface area contributed by atoms with Crippen molar-refractivity contribution in [2.45, 2.75) is 9.79 Å². The molecular formula is C18H12Br4N2O4S2. The van der Waals surface area contributed by atoms with Crippen molar-refractivity contribution in [2.75, 3.05) is 9.44 Å². The summed E-state index contributed by atoms with van der Waals surface area (Å²) >= 11 is 13.0. The van der Waals surface area contributed by atoms with Crippen LogP contribution in [0.15, 0.2) is 88.3 Å². The molecule has 3 aromatic rings. The molecule has 0 atom stereocenters. The number of sulfonamides is 2. The third-order valence-electron chi connectivity index (χ3n) is 3.75. The van der Waals surface area contributed by atoms with Gasteiger partial charge in [0, 0.05) is 29.3 Å². The molecule has 3 rings (SSSR count). The van der Waals surface area contributed by atoms with Crippen molar-refractivity contribution >= 4 is 95.1 Å². The van der Waals surface area contributed by atoms with Crippen LogP contribution >= 0.6 is 63.7 Å². The maximum Gasteiger partial charge on any atom is 0.263 e. The molecule has 2 N–H and O–H groups in total. The molecule has 0 aliphatic heterocycles. The first-order valence-electron chi connectivity index (χ1n) is 8.04. The van der Waals surface area contributed by atoms with Gasteiger partial charge in [0.25, 0.3) is 20.0 Å². The Balaban J connectivity index is 1.81. The van der Waals surface area contributed by atoms with E-state index in [1.165, 1.54) is 36.4 Å². The predicted molar refractivity (Wildman–Crippen MR) is 132 cm³/mol. The summed E-state index contributed by atoms with van der Waals surface area (Å²) in [6, 6.07) is 15.5. The Morgan fingerprint density at radius 2 is 0.867 bits per heavy atom. The Hall–Kier alpha value is -0.920. The van der Waals surface area contributed by atoms with Crippen molar-refractivity contribution in [3.05, 3.63) is 78.6 Å². The molecule has 0 unspecified atom stereocenters. The van der Waals surface area contributed by atoms with Gasteiger partial charge >= 0.3 is 0 Å². The molecule has 0 heterocycles. The average Bonchev–Trinajstić information content (AvgIpc) is 2.66. The molecule has 0 bridgehead atoms. The van der Waals surface area contributed by atoms with E-state index in [9.17, 15) is 16.8 Å². The topological polar surface area (TPSA) is 92.3 Å². The number of benzene rings is 3. The molecule has 6 nitrogen and oxygen atoms in total. The van der Waals surface area contributed by atoms with E-state index in [1.54, 1.807) is 24.3 Å². The van der Waals surface area contributed by atoms with E-state index in [1.807, 2.05) is 0 Å². The Morgan fingerprint density at radius 3 is 1.20 bits per heavy atom. The standard InChI is InChI=1S/C18H12Br4N2O4S2/c19-11-1-7-15(21)17(9-11)29(25,26)23-13-3-5-14(6-4-13)24-30(27,28)18-10-12(20)2-8-16(18)22/h1-10,23-24H. The van der Waals surface area contributed by atoms with Crippen LogP contribution < -0.4 is 9.44 Å². The molecule has 30 heavy (non-hydrogen) atoms. The van der Waals surface area contributed by atoms with Crippen molar-refractivity contribution in [2.24, 2.45) is 0 Å². The van der Waals surface area contributed by atoms with E-state index in [-0.39, 0.29) is 21.2 Å². The lowest BCUT2D eigenvalue weighted by Crippen LogP contribution is -2.15. The molecular weight excluding hydrogens is 692 g/mol. The largest absolute Gasteiger partial charge is 0.280 e. The summed E-state index contributed by atoms with van der Waals surface area (Å²) < 4.78 is 57.7. The van der Waals surface area contributed by atoms with Gasteiger partial charge in [-0.15, -0.1) is 0 Å². The molecule has 0 saturated heterocycles. The summed E-state index contributed by atoms with van der Waals surface area (Å²) in [5, 5.41) is 0. The molecule has 0 saturated carbocycles. The van der Waals surface area contributed by atoms with E-state index in [0.29, 0.717) is 17.9 Å². The second-order valence-electron chi connectivity index (χ2n) is 5.94. The van der Waals surface area contributed by atoms with Gasteiger partial charge in [0.1, 0.15) is 9.79 Å². The van der Waals surface area contributed by atoms with Gasteiger partial charge in [-0.3, -0.25) is 9.44 Å². The molecule has 0 fully saturated rings. The minimum atomic E-state index is -3.84. The van der Waals surface area contributed by atoms with Gasteiger partial charge < -0.3 is 0 Å². The van der Waals surface area contributed by atoms with Crippen LogP contribution in [0, 0.1) is 0 Å². The van der Waals surface area contributed by atoms with Gasteiger partial charge in [-0.1, -0.05) is 31.9 Å². The minimum absolute atomic E-state index is 0.0705. The highest BCUT2D eigenvalue weighted by Crippen LogP contribution is 2.29. The Morgan fingerprint density at radius 1 is 0.533 bits per heavy atom. The fourth-order valence-corrected chi connectivity index (χ4v) is 7.52. The zero-order chi connectivity index (χ0) is 22.1. The first-order chi connectivity index (χ1) is 14.0. The SMILES string of the molecule is O=S(=O)(Nc1ccc(NS(=O)(=O)c2cc(Br)ccc2Br)cc1)c1cc(Br)ccc1Br. The monoisotopic (exact) mass is 700 g/mol. The van der Waals surface area contributed by atoms with Crippen molar-refractivity contribution in [3.8, 4) is 0 Å². The number of halogens is 4. The van der Waals surface area contributed by atoms with Gasteiger partial charge in [0.05, 0.1) is 0 Å². The highest BCUT2D eigenvalue weighted by Gasteiger charge is 2.20. The number of hydrogen-bond donors (Lipinski definition) is 2. The number of anilines is 2. The van der Waals surface area contributed by atoms with Crippen molar-refractivity contribution in [1.82, 2.24) is 0 Å². The quantitative estimate of drug-likeness (QED) is 0.314. The maximum absolute atomic E-state index is 12.7. The first kappa shape index (κ1) is 23.7. The number of hydrogen-bond acceptors (Lipinski definition) is 4. The van der Waals surface area contributed by atoms with E-state index < -0.39 is 20.0 Å². The van der Waals surface area contributed by atoms with Crippen LogP contribution in [0.2, 0.25) is 0 Å². The van der Waals surface area contributed by atoms with Crippen molar-refractivity contribution in [3.63, 3.8) is 0 Å². The lowest BCUT2D eigenvalue weighted by atomic mass is 10.3. The van der Waals surface area contributed by atoms with Gasteiger partial charge in [-0.05, 0) is 92.5 Å². The third kappa shape index (κ3) is 5.65. The van der Waals surface area contributed by atoms with Crippen molar-refractivity contribution < 1.29 is 16.8 Å². The van der Waals surface area contributed by atoms with Crippen LogP contribution in [-0.4, -0.2) is 16.8 Å². The van der Waals surface area contributed by atoms with Crippen LogP contribution in [0.4, 0.5) is 11.4 Å². The molecule has 0 aliphatic carbocycles. The van der Waals surface area contributed by atoms with Crippen LogP contribution in [-0.2, 0) is 20.0 Å². The second kappa shape index (κ2) is 9.29. The molecule has 158 valence electrons. The fraction of sp³-hybridized carbons (Fsp3) is 0. The first-order valence-corrected chi connectivity index (χ1v) is 14.2. The normalized spacial score (nSPS) is 11.9. The van der Waals surface area contributed by atoms with E-state index in [0.717, 1.165) is 0 Å². The van der Waals surface area contributed by atoms with Crippen LogP contribution in [0.25, 0.3) is 0 Å². The van der Waals surface area contributed by atoms with E-state index in [2.05, 4.69) is 73.2 Å². The van der Waals surface area contributed by atoms with Crippen LogP contribution in [0.5, 0.6) is 0 Å². The smallest absolute Gasteiger partial charge is 0.263 e. The van der Waals surface area contributed by atoms with Gasteiger partial charge in [-0.2, -0.15) is 0 Å². The summed E-state index contributed by atoms with van der Waals surface area (Å²) in [7, 11) is -7.69. The van der Waals surface area contributed by atoms with Crippen molar-refractivity contribution in [1.29, 1.82) is 0 Å². The summed E-state index contributed by atoms with van der Waals surface area (Å²) in [5.41, 5.74) is 0.571. The van der Waals surface area contributed by atoms with Gasteiger partial charge in [0.2, 0.25) is 0 Å². The number of nitrogens with one attached hydrogen (secondary N) is 2. The Kier molecular flexibility index (Phi) is 7.35. The molecule has 0 radical (unpaired) electrons.